The van der Waals surface area contributed by atoms with E-state index in [0.29, 0.717) is 43.3 Å². The second-order valence-electron chi connectivity index (χ2n) is 6.52. The highest BCUT2D eigenvalue weighted by molar-refractivity contribution is 5.85. The third kappa shape index (κ3) is 2.79. The van der Waals surface area contributed by atoms with Gasteiger partial charge in [-0.15, -0.1) is 0 Å². The number of fused-ring (bicyclic) bond motifs is 1. The molecule has 134 valence electrons. The van der Waals surface area contributed by atoms with Crippen molar-refractivity contribution in [1.29, 1.82) is 0 Å². The molecule has 1 saturated heterocycles. The molecule has 0 unspecified atom stereocenters. The van der Waals surface area contributed by atoms with Crippen molar-refractivity contribution < 1.29 is 9.18 Å². The van der Waals surface area contributed by atoms with E-state index in [1.165, 1.54) is 6.07 Å². The minimum atomic E-state index is -0.237. The van der Waals surface area contributed by atoms with Gasteiger partial charge in [0.05, 0.1) is 5.52 Å². The number of halogens is 1. The number of carbonyl (C=O) groups is 1. The average molecular weight is 353 g/mol. The third-order valence-electron chi connectivity index (χ3n) is 4.88. The molecule has 7 heteroatoms. The Kier molecular flexibility index (Phi) is 4.06. The number of amides is 1. The van der Waals surface area contributed by atoms with Crippen molar-refractivity contribution in [3.8, 4) is 5.82 Å². The standard InChI is InChI=1S/C19H20FN5O/c1-13-3-4-16(20)15-6-8-25(18(13)15)17-5-7-21-19(22-17)24-11-9-23(10-12-24)14(2)26/h3-8H,9-12H2,1-2H3. The van der Waals surface area contributed by atoms with Crippen molar-refractivity contribution in [2.75, 3.05) is 31.1 Å². The van der Waals surface area contributed by atoms with Crippen LogP contribution in [0.5, 0.6) is 0 Å². The summed E-state index contributed by atoms with van der Waals surface area (Å²) in [6.45, 7) is 6.28. The molecule has 0 radical (unpaired) electrons. The highest BCUT2D eigenvalue weighted by Gasteiger charge is 2.21. The van der Waals surface area contributed by atoms with Crippen LogP contribution in [0.3, 0.4) is 0 Å². The van der Waals surface area contributed by atoms with E-state index >= 15 is 0 Å². The molecule has 1 amide bonds. The summed E-state index contributed by atoms with van der Waals surface area (Å²) in [7, 11) is 0. The molecular formula is C19H20FN5O. The lowest BCUT2D eigenvalue weighted by atomic mass is 10.1. The van der Waals surface area contributed by atoms with Crippen LogP contribution in [-0.4, -0.2) is 51.5 Å². The Morgan fingerprint density at radius 1 is 1.12 bits per heavy atom. The molecule has 0 spiro atoms. The van der Waals surface area contributed by atoms with Crippen molar-refractivity contribution in [3.05, 3.63) is 48.0 Å². The van der Waals surface area contributed by atoms with Crippen molar-refractivity contribution in [3.63, 3.8) is 0 Å². The number of nitrogens with zero attached hydrogens (tertiary/aromatic N) is 5. The topological polar surface area (TPSA) is 54.3 Å². The summed E-state index contributed by atoms with van der Waals surface area (Å²) in [6.07, 6.45) is 3.55. The van der Waals surface area contributed by atoms with Gasteiger partial charge in [-0.1, -0.05) is 6.07 Å². The summed E-state index contributed by atoms with van der Waals surface area (Å²) in [5.74, 6) is 1.18. The molecule has 1 aromatic carbocycles. The van der Waals surface area contributed by atoms with E-state index in [0.717, 1.165) is 11.1 Å². The van der Waals surface area contributed by atoms with Crippen LogP contribution >= 0.6 is 0 Å². The van der Waals surface area contributed by atoms with Crippen molar-refractivity contribution in [2.24, 2.45) is 0 Å². The van der Waals surface area contributed by atoms with Gasteiger partial charge in [0.15, 0.2) is 0 Å². The van der Waals surface area contributed by atoms with E-state index < -0.39 is 0 Å². The molecule has 0 saturated carbocycles. The third-order valence-corrected chi connectivity index (χ3v) is 4.88. The summed E-state index contributed by atoms with van der Waals surface area (Å²) in [4.78, 5) is 24.4. The quantitative estimate of drug-likeness (QED) is 0.710. The summed E-state index contributed by atoms with van der Waals surface area (Å²) < 4.78 is 16.0. The Bertz CT molecular complexity index is 975. The van der Waals surface area contributed by atoms with E-state index in [9.17, 15) is 9.18 Å². The molecule has 0 aliphatic carbocycles. The van der Waals surface area contributed by atoms with E-state index in [1.54, 1.807) is 25.3 Å². The van der Waals surface area contributed by atoms with Crippen LogP contribution in [0.15, 0.2) is 36.7 Å². The number of hydrogen-bond acceptors (Lipinski definition) is 4. The summed E-state index contributed by atoms with van der Waals surface area (Å²) in [5.41, 5.74) is 1.80. The predicted octanol–water partition coefficient (Wildman–Crippen LogP) is 2.54. The molecule has 6 nitrogen and oxygen atoms in total. The van der Waals surface area contributed by atoms with Crippen LogP contribution < -0.4 is 4.90 Å². The summed E-state index contributed by atoms with van der Waals surface area (Å²) >= 11 is 0. The van der Waals surface area contributed by atoms with Crippen LogP contribution in [0.4, 0.5) is 10.3 Å². The molecule has 1 aliphatic heterocycles. The van der Waals surface area contributed by atoms with Gasteiger partial charge < -0.3 is 14.4 Å². The predicted molar refractivity (Wildman–Crippen MR) is 98.0 cm³/mol. The fourth-order valence-corrected chi connectivity index (χ4v) is 3.43. The number of aryl methyl sites for hydroxylation is 1. The van der Waals surface area contributed by atoms with Gasteiger partial charge in [-0.25, -0.2) is 9.37 Å². The number of aromatic nitrogens is 3. The lowest BCUT2D eigenvalue weighted by Crippen LogP contribution is -2.48. The maximum Gasteiger partial charge on any atom is 0.227 e. The van der Waals surface area contributed by atoms with Gasteiger partial charge in [0.25, 0.3) is 0 Å². The van der Waals surface area contributed by atoms with Crippen LogP contribution in [-0.2, 0) is 4.79 Å². The number of piperazine rings is 1. The largest absolute Gasteiger partial charge is 0.339 e. The molecule has 3 heterocycles. The number of rotatable bonds is 2. The van der Waals surface area contributed by atoms with Gasteiger partial charge in [0, 0.05) is 50.9 Å². The second-order valence-corrected chi connectivity index (χ2v) is 6.52. The van der Waals surface area contributed by atoms with E-state index in [1.807, 2.05) is 28.7 Å². The monoisotopic (exact) mass is 353 g/mol. The molecule has 0 N–H and O–H groups in total. The van der Waals surface area contributed by atoms with Crippen molar-refractivity contribution in [1.82, 2.24) is 19.4 Å². The Morgan fingerprint density at radius 2 is 1.88 bits per heavy atom. The van der Waals surface area contributed by atoms with E-state index in [2.05, 4.69) is 14.9 Å². The first-order valence-electron chi connectivity index (χ1n) is 8.64. The van der Waals surface area contributed by atoms with Crippen LogP contribution in [0.1, 0.15) is 12.5 Å². The van der Waals surface area contributed by atoms with Gasteiger partial charge >= 0.3 is 0 Å². The van der Waals surface area contributed by atoms with Crippen molar-refractivity contribution >= 4 is 22.8 Å². The van der Waals surface area contributed by atoms with Gasteiger partial charge in [-0.3, -0.25) is 4.79 Å². The van der Waals surface area contributed by atoms with Crippen LogP contribution in [0, 0.1) is 12.7 Å². The SMILES string of the molecule is CC(=O)N1CCN(c2nccc(-n3ccc4c(F)ccc(C)c43)n2)CC1. The van der Waals surface area contributed by atoms with Gasteiger partial charge in [0.2, 0.25) is 11.9 Å². The number of anilines is 1. The minimum absolute atomic E-state index is 0.0932. The summed E-state index contributed by atoms with van der Waals surface area (Å²) in [5, 5.41) is 0.584. The Morgan fingerprint density at radius 3 is 2.62 bits per heavy atom. The maximum atomic E-state index is 14.1. The van der Waals surface area contributed by atoms with Gasteiger partial charge in [0.1, 0.15) is 11.6 Å². The van der Waals surface area contributed by atoms with E-state index in [4.69, 9.17) is 0 Å². The zero-order valence-corrected chi connectivity index (χ0v) is 14.8. The first-order chi connectivity index (χ1) is 12.5. The number of hydrogen-bond donors (Lipinski definition) is 0. The van der Waals surface area contributed by atoms with Crippen LogP contribution in [0.25, 0.3) is 16.7 Å². The zero-order valence-electron chi connectivity index (χ0n) is 14.8. The van der Waals surface area contributed by atoms with Crippen molar-refractivity contribution in [2.45, 2.75) is 13.8 Å². The Balaban J connectivity index is 1.67. The normalized spacial score (nSPS) is 14.9. The fourth-order valence-electron chi connectivity index (χ4n) is 3.43. The summed E-state index contributed by atoms with van der Waals surface area (Å²) in [6, 6.07) is 6.85. The molecule has 1 fully saturated rings. The molecular weight excluding hydrogens is 333 g/mol. The Labute approximate surface area is 150 Å². The molecule has 0 atom stereocenters. The zero-order chi connectivity index (χ0) is 18.3. The maximum absolute atomic E-state index is 14.1. The number of carbonyl (C=O) groups excluding carboxylic acids is 1. The molecule has 1 aliphatic rings. The van der Waals surface area contributed by atoms with Gasteiger partial charge in [-0.05, 0) is 30.7 Å². The molecule has 2 aromatic heterocycles. The molecule has 3 aromatic rings. The first-order valence-corrected chi connectivity index (χ1v) is 8.64. The molecule has 4 rings (SSSR count). The minimum Gasteiger partial charge on any atom is -0.339 e. The lowest BCUT2D eigenvalue weighted by molar-refractivity contribution is -0.129. The molecule has 26 heavy (non-hydrogen) atoms. The first kappa shape index (κ1) is 16.5. The lowest BCUT2D eigenvalue weighted by Gasteiger charge is -2.34. The highest BCUT2D eigenvalue weighted by Crippen LogP contribution is 2.26. The highest BCUT2D eigenvalue weighted by atomic mass is 19.1. The van der Waals surface area contributed by atoms with Gasteiger partial charge in [-0.2, -0.15) is 4.98 Å². The number of benzene rings is 1. The fraction of sp³-hybridized carbons (Fsp3) is 0.316. The van der Waals surface area contributed by atoms with Crippen LogP contribution in [0.2, 0.25) is 0 Å². The Hall–Kier alpha value is -2.96. The van der Waals surface area contributed by atoms with E-state index in [-0.39, 0.29) is 11.7 Å². The smallest absolute Gasteiger partial charge is 0.227 e. The molecule has 0 bridgehead atoms. The average Bonchev–Trinajstić information content (AvgIpc) is 3.11. The second kappa shape index (κ2) is 6.40.